The van der Waals surface area contributed by atoms with Crippen molar-refractivity contribution in [1.82, 2.24) is 0 Å². The van der Waals surface area contributed by atoms with Crippen LogP contribution in [0.5, 0.6) is 5.75 Å². The van der Waals surface area contributed by atoms with Crippen molar-refractivity contribution in [2.75, 3.05) is 12.4 Å². The number of anilines is 1. The van der Waals surface area contributed by atoms with Gasteiger partial charge in [0.15, 0.2) is 5.78 Å². The maximum Gasteiger partial charge on any atom is 0.256 e. The molecule has 3 rings (SSSR count). The molecule has 0 saturated carbocycles. The van der Waals surface area contributed by atoms with E-state index in [4.69, 9.17) is 16.3 Å². The number of nitrogens with one attached hydrogen (secondary N) is 1. The Bertz CT molecular complexity index is 954. The van der Waals surface area contributed by atoms with Crippen molar-refractivity contribution in [3.8, 4) is 5.75 Å². The van der Waals surface area contributed by atoms with Crippen LogP contribution in [0.3, 0.4) is 0 Å². The number of benzene rings is 3. The molecule has 0 unspecified atom stereocenters. The third-order valence-electron chi connectivity index (χ3n) is 3.86. The van der Waals surface area contributed by atoms with E-state index in [1.165, 1.54) is 7.11 Å². The first-order valence-electron chi connectivity index (χ1n) is 7.94. The van der Waals surface area contributed by atoms with Crippen LogP contribution < -0.4 is 10.1 Å². The lowest BCUT2D eigenvalue weighted by molar-refractivity contribution is 0.0996. The number of rotatable bonds is 5. The van der Waals surface area contributed by atoms with Crippen molar-refractivity contribution in [3.05, 3.63) is 94.5 Å². The van der Waals surface area contributed by atoms with Gasteiger partial charge in [-0.05, 0) is 24.3 Å². The molecule has 4 nitrogen and oxygen atoms in total. The molecule has 0 aliphatic heterocycles. The molecule has 0 heterocycles. The molecule has 0 aliphatic rings. The largest absolute Gasteiger partial charge is 0.495 e. The minimum absolute atomic E-state index is 0.205. The van der Waals surface area contributed by atoms with Gasteiger partial charge in [-0.15, -0.1) is 0 Å². The number of hydrogen-bond acceptors (Lipinski definition) is 3. The second-order valence-electron chi connectivity index (χ2n) is 5.54. The summed E-state index contributed by atoms with van der Waals surface area (Å²) in [7, 11) is 1.52. The van der Waals surface area contributed by atoms with Crippen molar-refractivity contribution < 1.29 is 14.3 Å². The maximum atomic E-state index is 12.7. The minimum Gasteiger partial charge on any atom is -0.495 e. The quantitative estimate of drug-likeness (QED) is 0.659. The molecule has 130 valence electrons. The highest BCUT2D eigenvalue weighted by atomic mass is 35.5. The van der Waals surface area contributed by atoms with E-state index in [9.17, 15) is 9.59 Å². The van der Waals surface area contributed by atoms with E-state index >= 15 is 0 Å². The number of hydrogen-bond donors (Lipinski definition) is 1. The number of amides is 1. The first kappa shape index (κ1) is 17.7. The summed E-state index contributed by atoms with van der Waals surface area (Å²) in [6.45, 7) is 0. The second kappa shape index (κ2) is 7.85. The summed E-state index contributed by atoms with van der Waals surface area (Å²) in [5, 5.41) is 3.15. The average molecular weight is 366 g/mol. The zero-order valence-electron chi connectivity index (χ0n) is 14.0. The van der Waals surface area contributed by atoms with Crippen molar-refractivity contribution in [3.63, 3.8) is 0 Å². The number of methoxy groups -OCH3 is 1. The predicted molar refractivity (Wildman–Crippen MR) is 102 cm³/mol. The van der Waals surface area contributed by atoms with Gasteiger partial charge in [-0.2, -0.15) is 0 Å². The van der Waals surface area contributed by atoms with Crippen molar-refractivity contribution >= 4 is 29.0 Å². The van der Waals surface area contributed by atoms with Crippen molar-refractivity contribution in [2.24, 2.45) is 0 Å². The highest BCUT2D eigenvalue weighted by Gasteiger charge is 2.18. The molecular weight excluding hydrogens is 350 g/mol. The third-order valence-corrected chi connectivity index (χ3v) is 4.16. The Labute approximate surface area is 156 Å². The molecule has 0 radical (unpaired) electrons. The summed E-state index contributed by atoms with van der Waals surface area (Å²) in [6, 6.07) is 20.5. The van der Waals surface area contributed by atoms with Crippen LogP contribution in [0.1, 0.15) is 26.3 Å². The zero-order valence-corrected chi connectivity index (χ0v) is 14.8. The summed E-state index contributed by atoms with van der Waals surface area (Å²) in [5.41, 5.74) is 1.69. The highest BCUT2D eigenvalue weighted by molar-refractivity contribution is 6.32. The number of carbonyl (C=O) groups is 2. The van der Waals surface area contributed by atoms with E-state index in [1.807, 2.05) is 6.07 Å². The number of carbonyl (C=O) groups excluding carboxylic acids is 2. The van der Waals surface area contributed by atoms with Crippen molar-refractivity contribution in [2.45, 2.75) is 0 Å². The summed E-state index contributed by atoms with van der Waals surface area (Å²) in [5.74, 6) is -0.0699. The van der Waals surface area contributed by atoms with Gasteiger partial charge >= 0.3 is 0 Å². The van der Waals surface area contributed by atoms with Crippen LogP contribution in [0.4, 0.5) is 5.69 Å². The van der Waals surface area contributed by atoms with E-state index in [0.717, 1.165) is 0 Å². The number of halogens is 1. The standard InChI is InChI=1S/C21H16ClNO3/c1-26-19-12-11-15(13-18(19)22)23-21(25)17-10-6-5-9-16(17)20(24)14-7-3-2-4-8-14/h2-13H,1H3,(H,23,25). The van der Waals surface area contributed by atoms with Crippen LogP contribution >= 0.6 is 11.6 Å². The molecule has 0 bridgehead atoms. The van der Waals surface area contributed by atoms with Gasteiger partial charge in [-0.3, -0.25) is 9.59 Å². The molecule has 1 amide bonds. The van der Waals surface area contributed by atoms with Gasteiger partial charge in [0.2, 0.25) is 0 Å². The van der Waals surface area contributed by atoms with Crippen LogP contribution in [-0.2, 0) is 0 Å². The smallest absolute Gasteiger partial charge is 0.256 e. The maximum absolute atomic E-state index is 12.7. The Kier molecular flexibility index (Phi) is 5.34. The molecule has 0 aromatic heterocycles. The van der Waals surface area contributed by atoms with Gasteiger partial charge in [-0.25, -0.2) is 0 Å². The van der Waals surface area contributed by atoms with Gasteiger partial charge < -0.3 is 10.1 Å². The minimum atomic E-state index is -0.383. The van der Waals surface area contributed by atoms with Crippen LogP contribution in [0, 0.1) is 0 Å². The van der Waals surface area contributed by atoms with E-state index in [1.54, 1.807) is 66.7 Å². The van der Waals surface area contributed by atoms with Crippen LogP contribution in [0.15, 0.2) is 72.8 Å². The topological polar surface area (TPSA) is 55.4 Å². The molecule has 0 aliphatic carbocycles. The van der Waals surface area contributed by atoms with Gasteiger partial charge in [0.25, 0.3) is 5.91 Å². The molecule has 0 fully saturated rings. The Morgan fingerprint density at radius 1 is 0.885 bits per heavy atom. The van der Waals surface area contributed by atoms with Crippen LogP contribution in [0.2, 0.25) is 5.02 Å². The molecular formula is C21H16ClNO3. The molecule has 26 heavy (non-hydrogen) atoms. The fourth-order valence-electron chi connectivity index (χ4n) is 2.57. The lowest BCUT2D eigenvalue weighted by Crippen LogP contribution is -2.17. The Morgan fingerprint density at radius 2 is 1.54 bits per heavy atom. The summed E-state index contributed by atoms with van der Waals surface area (Å²) < 4.78 is 5.10. The molecule has 1 N–H and O–H groups in total. The monoisotopic (exact) mass is 365 g/mol. The van der Waals surface area contributed by atoms with Gasteiger partial charge in [-0.1, -0.05) is 60.1 Å². The van der Waals surface area contributed by atoms with Gasteiger partial charge in [0.05, 0.1) is 17.7 Å². The Hall–Kier alpha value is -3.11. The average Bonchev–Trinajstić information content (AvgIpc) is 2.68. The molecule has 5 heteroatoms. The molecule has 0 spiro atoms. The number of ketones is 1. The van der Waals surface area contributed by atoms with Crippen LogP contribution in [0.25, 0.3) is 0 Å². The number of ether oxygens (including phenoxy) is 1. The summed E-state index contributed by atoms with van der Waals surface area (Å²) in [4.78, 5) is 25.4. The first-order valence-corrected chi connectivity index (χ1v) is 8.31. The molecule has 3 aromatic rings. The summed E-state index contributed by atoms with van der Waals surface area (Å²) in [6.07, 6.45) is 0. The molecule has 0 atom stereocenters. The fourth-order valence-corrected chi connectivity index (χ4v) is 2.82. The molecule has 3 aromatic carbocycles. The van der Waals surface area contributed by atoms with Gasteiger partial charge in [0, 0.05) is 16.8 Å². The lowest BCUT2D eigenvalue weighted by atomic mass is 9.98. The Morgan fingerprint density at radius 3 is 2.19 bits per heavy atom. The summed E-state index contributed by atoms with van der Waals surface area (Å²) >= 11 is 6.09. The highest BCUT2D eigenvalue weighted by Crippen LogP contribution is 2.27. The van der Waals surface area contributed by atoms with E-state index < -0.39 is 0 Å². The zero-order chi connectivity index (χ0) is 18.5. The van der Waals surface area contributed by atoms with Crippen molar-refractivity contribution in [1.29, 1.82) is 0 Å². The van der Waals surface area contributed by atoms with E-state index in [2.05, 4.69) is 5.32 Å². The Balaban J connectivity index is 1.89. The van der Waals surface area contributed by atoms with E-state index in [0.29, 0.717) is 33.1 Å². The first-order chi connectivity index (χ1) is 12.6. The van der Waals surface area contributed by atoms with Gasteiger partial charge in [0.1, 0.15) is 5.75 Å². The normalized spacial score (nSPS) is 10.2. The fraction of sp³-hybridized carbons (Fsp3) is 0.0476. The predicted octanol–water partition coefficient (Wildman–Crippen LogP) is 4.83. The molecule has 0 saturated heterocycles. The van der Waals surface area contributed by atoms with E-state index in [-0.39, 0.29) is 11.7 Å². The second-order valence-corrected chi connectivity index (χ2v) is 5.95. The van der Waals surface area contributed by atoms with Crippen LogP contribution in [-0.4, -0.2) is 18.8 Å². The third kappa shape index (κ3) is 3.76. The SMILES string of the molecule is COc1ccc(NC(=O)c2ccccc2C(=O)c2ccccc2)cc1Cl. The lowest BCUT2D eigenvalue weighted by Gasteiger charge is -2.11.